The Hall–Kier alpha value is -0.610. The average Bonchev–Trinajstić information content (AvgIpc) is 2.42. The van der Waals surface area contributed by atoms with Gasteiger partial charge in [0.25, 0.3) is 0 Å². The highest BCUT2D eigenvalue weighted by Gasteiger charge is 2.34. The third-order valence-electron chi connectivity index (χ3n) is 4.20. The Balaban J connectivity index is 2.39. The number of rotatable bonds is 7. The molecule has 1 amide bonds. The number of unbranched alkanes of at least 4 members (excludes halogenated alkanes) is 2. The fourth-order valence-corrected chi connectivity index (χ4v) is 2.72. The quantitative estimate of drug-likeness (QED) is 0.693. The number of nitrogens with one attached hydrogen (secondary N) is 1. The van der Waals surface area contributed by atoms with Gasteiger partial charge in [0, 0.05) is 25.1 Å². The molecule has 1 saturated heterocycles. The first kappa shape index (κ1) is 16.4. The van der Waals surface area contributed by atoms with E-state index >= 15 is 0 Å². The van der Waals surface area contributed by atoms with Gasteiger partial charge in [-0.25, -0.2) is 0 Å². The zero-order chi connectivity index (χ0) is 14.3. The first-order valence-corrected chi connectivity index (χ1v) is 7.65. The van der Waals surface area contributed by atoms with Crippen molar-refractivity contribution in [2.45, 2.75) is 58.9 Å². The Labute approximate surface area is 117 Å². The SMILES string of the molecule is CCCCCNC(=O)C(C)N1CCCC(C)(CO)C1. The van der Waals surface area contributed by atoms with Gasteiger partial charge in [-0.1, -0.05) is 26.7 Å². The lowest BCUT2D eigenvalue weighted by molar-refractivity contribution is -0.127. The third-order valence-corrected chi connectivity index (χ3v) is 4.20. The Morgan fingerprint density at radius 3 is 2.84 bits per heavy atom. The van der Waals surface area contributed by atoms with Gasteiger partial charge in [0.05, 0.1) is 6.04 Å². The van der Waals surface area contributed by atoms with Crippen molar-refractivity contribution in [1.82, 2.24) is 10.2 Å². The molecule has 1 rings (SSSR count). The summed E-state index contributed by atoms with van der Waals surface area (Å²) in [5.41, 5.74) is -0.0466. The van der Waals surface area contributed by atoms with Crippen LogP contribution in [0, 0.1) is 5.41 Å². The Morgan fingerprint density at radius 2 is 2.21 bits per heavy atom. The number of carbonyl (C=O) groups is 1. The Bertz CT molecular complexity index is 283. The lowest BCUT2D eigenvalue weighted by Crippen LogP contribution is -2.52. The molecule has 1 fully saturated rings. The maximum absolute atomic E-state index is 12.1. The highest BCUT2D eigenvalue weighted by molar-refractivity contribution is 5.81. The Kier molecular flexibility index (Phi) is 6.80. The van der Waals surface area contributed by atoms with E-state index in [-0.39, 0.29) is 24.0 Å². The van der Waals surface area contributed by atoms with E-state index in [0.717, 1.165) is 38.9 Å². The van der Waals surface area contributed by atoms with E-state index in [2.05, 4.69) is 24.1 Å². The molecule has 1 aliphatic heterocycles. The molecule has 0 aliphatic carbocycles. The molecule has 0 aromatic carbocycles. The number of piperidine rings is 1. The lowest BCUT2D eigenvalue weighted by atomic mass is 9.82. The van der Waals surface area contributed by atoms with Gasteiger partial charge < -0.3 is 10.4 Å². The second-order valence-corrected chi connectivity index (χ2v) is 6.22. The summed E-state index contributed by atoms with van der Waals surface area (Å²) < 4.78 is 0. The summed E-state index contributed by atoms with van der Waals surface area (Å²) in [6, 6.07) is -0.0900. The van der Waals surface area contributed by atoms with Crippen molar-refractivity contribution in [3.8, 4) is 0 Å². The summed E-state index contributed by atoms with van der Waals surface area (Å²) in [5.74, 6) is 0.123. The van der Waals surface area contributed by atoms with E-state index in [9.17, 15) is 9.90 Å². The summed E-state index contributed by atoms with van der Waals surface area (Å²) in [5, 5.41) is 12.5. The first-order chi connectivity index (χ1) is 9.02. The van der Waals surface area contributed by atoms with Crippen molar-refractivity contribution in [2.24, 2.45) is 5.41 Å². The van der Waals surface area contributed by atoms with Crippen LogP contribution in [0.1, 0.15) is 52.9 Å². The van der Waals surface area contributed by atoms with Crippen molar-refractivity contribution in [2.75, 3.05) is 26.2 Å². The zero-order valence-corrected chi connectivity index (χ0v) is 12.7. The van der Waals surface area contributed by atoms with Crippen molar-refractivity contribution in [3.05, 3.63) is 0 Å². The molecule has 2 unspecified atom stereocenters. The van der Waals surface area contributed by atoms with E-state index in [1.165, 1.54) is 12.8 Å². The summed E-state index contributed by atoms with van der Waals surface area (Å²) in [6.45, 7) is 8.99. The molecular formula is C15H30N2O2. The number of hydrogen-bond acceptors (Lipinski definition) is 3. The van der Waals surface area contributed by atoms with E-state index in [1.54, 1.807) is 0 Å². The van der Waals surface area contributed by atoms with Crippen LogP contribution < -0.4 is 5.32 Å². The largest absolute Gasteiger partial charge is 0.396 e. The molecule has 2 atom stereocenters. The molecule has 0 bridgehead atoms. The van der Waals surface area contributed by atoms with Crippen LogP contribution in [0.5, 0.6) is 0 Å². The van der Waals surface area contributed by atoms with Crippen LogP contribution in [0.3, 0.4) is 0 Å². The van der Waals surface area contributed by atoms with Gasteiger partial charge in [-0.15, -0.1) is 0 Å². The van der Waals surface area contributed by atoms with Crippen molar-refractivity contribution < 1.29 is 9.90 Å². The van der Waals surface area contributed by atoms with Gasteiger partial charge in [0.2, 0.25) is 5.91 Å². The predicted octanol–water partition coefficient (Wildman–Crippen LogP) is 1.78. The minimum Gasteiger partial charge on any atom is -0.396 e. The molecule has 4 heteroatoms. The molecule has 0 spiro atoms. The first-order valence-electron chi connectivity index (χ1n) is 7.65. The maximum atomic E-state index is 12.1. The third kappa shape index (κ3) is 5.11. The highest BCUT2D eigenvalue weighted by atomic mass is 16.3. The van der Waals surface area contributed by atoms with Crippen molar-refractivity contribution in [1.29, 1.82) is 0 Å². The van der Waals surface area contributed by atoms with E-state index in [1.807, 2.05) is 6.92 Å². The van der Waals surface area contributed by atoms with Gasteiger partial charge in [0.15, 0.2) is 0 Å². The molecule has 2 N–H and O–H groups in total. The van der Waals surface area contributed by atoms with Gasteiger partial charge in [-0.3, -0.25) is 9.69 Å². The molecular weight excluding hydrogens is 240 g/mol. The van der Waals surface area contributed by atoms with E-state index in [4.69, 9.17) is 0 Å². The summed E-state index contributed by atoms with van der Waals surface area (Å²) in [4.78, 5) is 14.3. The number of aliphatic hydroxyl groups excluding tert-OH is 1. The van der Waals surface area contributed by atoms with E-state index in [0.29, 0.717) is 0 Å². The molecule has 112 valence electrons. The molecule has 0 aromatic heterocycles. The van der Waals surface area contributed by atoms with Gasteiger partial charge in [0.1, 0.15) is 0 Å². The topological polar surface area (TPSA) is 52.6 Å². The van der Waals surface area contributed by atoms with Crippen molar-refractivity contribution >= 4 is 5.91 Å². The highest BCUT2D eigenvalue weighted by Crippen LogP contribution is 2.29. The van der Waals surface area contributed by atoms with Gasteiger partial charge in [-0.2, -0.15) is 0 Å². The fraction of sp³-hybridized carbons (Fsp3) is 0.933. The minimum atomic E-state index is -0.0900. The summed E-state index contributed by atoms with van der Waals surface area (Å²) in [7, 11) is 0. The molecule has 0 aromatic rings. The smallest absolute Gasteiger partial charge is 0.237 e. The average molecular weight is 270 g/mol. The minimum absolute atomic E-state index is 0.0466. The van der Waals surface area contributed by atoms with Gasteiger partial charge >= 0.3 is 0 Å². The fourth-order valence-electron chi connectivity index (χ4n) is 2.72. The van der Waals surface area contributed by atoms with Crippen LogP contribution >= 0.6 is 0 Å². The Morgan fingerprint density at radius 1 is 1.47 bits per heavy atom. The van der Waals surface area contributed by atoms with Crippen LogP contribution in [0.25, 0.3) is 0 Å². The van der Waals surface area contributed by atoms with Gasteiger partial charge in [-0.05, 0) is 32.7 Å². The van der Waals surface area contributed by atoms with Crippen LogP contribution in [0.2, 0.25) is 0 Å². The number of aliphatic hydroxyl groups is 1. The molecule has 0 saturated carbocycles. The van der Waals surface area contributed by atoms with Crippen LogP contribution in [0.15, 0.2) is 0 Å². The summed E-state index contributed by atoms with van der Waals surface area (Å²) in [6.07, 6.45) is 5.51. The second-order valence-electron chi connectivity index (χ2n) is 6.22. The second kappa shape index (κ2) is 7.85. The number of nitrogens with zero attached hydrogens (tertiary/aromatic N) is 1. The number of likely N-dealkylation sites (tertiary alicyclic amines) is 1. The number of hydrogen-bond donors (Lipinski definition) is 2. The normalized spacial score (nSPS) is 26.1. The van der Waals surface area contributed by atoms with Crippen LogP contribution in [-0.4, -0.2) is 48.2 Å². The molecule has 19 heavy (non-hydrogen) atoms. The predicted molar refractivity (Wildman–Crippen MR) is 78.0 cm³/mol. The van der Waals surface area contributed by atoms with Crippen molar-refractivity contribution in [3.63, 3.8) is 0 Å². The molecule has 1 aliphatic rings. The maximum Gasteiger partial charge on any atom is 0.237 e. The monoisotopic (exact) mass is 270 g/mol. The van der Waals surface area contributed by atoms with Crippen LogP contribution in [0.4, 0.5) is 0 Å². The zero-order valence-electron chi connectivity index (χ0n) is 12.7. The lowest BCUT2D eigenvalue weighted by Gasteiger charge is -2.41. The molecule has 1 heterocycles. The summed E-state index contributed by atoms with van der Waals surface area (Å²) >= 11 is 0. The number of amides is 1. The molecule has 0 radical (unpaired) electrons. The number of carbonyl (C=O) groups excluding carboxylic acids is 1. The molecule has 4 nitrogen and oxygen atoms in total. The van der Waals surface area contributed by atoms with Crippen LogP contribution in [-0.2, 0) is 4.79 Å². The standard InChI is InChI=1S/C15H30N2O2/c1-4-5-6-9-16-14(19)13(2)17-10-7-8-15(3,11-17)12-18/h13,18H,4-12H2,1-3H3,(H,16,19). The van der Waals surface area contributed by atoms with E-state index < -0.39 is 0 Å².